The van der Waals surface area contributed by atoms with Gasteiger partial charge in [-0.1, -0.05) is 0 Å². The topological polar surface area (TPSA) is 78.4 Å². The van der Waals surface area contributed by atoms with Gasteiger partial charge in [-0.15, -0.1) is 24.0 Å². The second-order valence-electron chi connectivity index (χ2n) is 7.62. The van der Waals surface area contributed by atoms with Crippen LogP contribution in [0.2, 0.25) is 0 Å². The molecular weight excluding hydrogens is 473 g/mol. The Balaban J connectivity index is 0.00000392. The molecule has 2 saturated heterocycles. The normalized spacial score (nSPS) is 20.9. The van der Waals surface area contributed by atoms with Crippen LogP contribution in [0.4, 0.5) is 0 Å². The first-order chi connectivity index (χ1) is 13.1. The third kappa shape index (κ3) is 9.71. The Hall–Kier alpha value is -0.650. The number of carbonyl (C=O) groups is 1. The fourth-order valence-corrected chi connectivity index (χ4v) is 3.36. The predicted molar refractivity (Wildman–Crippen MR) is 122 cm³/mol. The quantitative estimate of drug-likeness (QED) is 0.206. The molecule has 2 N–H and O–H groups in total. The molecule has 1 amide bonds. The fraction of sp³-hybridized carbons (Fsp3) is 0.895. The molecular formula is C19H38IN5O3. The lowest BCUT2D eigenvalue weighted by atomic mass is 10.1. The van der Waals surface area contributed by atoms with Crippen molar-refractivity contribution in [2.45, 2.75) is 32.7 Å². The molecule has 2 aliphatic heterocycles. The number of nitrogens with zero attached hydrogens (tertiary/aromatic N) is 3. The van der Waals surface area contributed by atoms with Crippen molar-refractivity contribution >= 4 is 35.8 Å². The Morgan fingerprint density at radius 1 is 1.29 bits per heavy atom. The van der Waals surface area contributed by atoms with E-state index >= 15 is 0 Å². The number of rotatable bonds is 9. The SMILES string of the molecule is CN=C(NCCCOCC1CCOC1)N1CCN(CC(=O)NC(C)C)CC1.I. The number of amides is 1. The molecule has 1 unspecified atom stereocenters. The number of hydrogen-bond donors (Lipinski definition) is 2. The summed E-state index contributed by atoms with van der Waals surface area (Å²) < 4.78 is 11.1. The number of nitrogens with one attached hydrogen (secondary N) is 2. The first kappa shape index (κ1) is 25.4. The monoisotopic (exact) mass is 511 g/mol. The highest BCUT2D eigenvalue weighted by molar-refractivity contribution is 14.0. The van der Waals surface area contributed by atoms with E-state index in [1.54, 1.807) is 0 Å². The van der Waals surface area contributed by atoms with E-state index in [4.69, 9.17) is 9.47 Å². The first-order valence-electron chi connectivity index (χ1n) is 10.2. The Morgan fingerprint density at radius 3 is 2.64 bits per heavy atom. The van der Waals surface area contributed by atoms with Crippen molar-refractivity contribution < 1.29 is 14.3 Å². The zero-order valence-corrected chi connectivity index (χ0v) is 19.9. The van der Waals surface area contributed by atoms with Gasteiger partial charge in [-0.05, 0) is 26.7 Å². The third-order valence-corrected chi connectivity index (χ3v) is 4.83. The minimum atomic E-state index is 0. The minimum Gasteiger partial charge on any atom is -0.381 e. The van der Waals surface area contributed by atoms with E-state index in [0.29, 0.717) is 12.5 Å². The molecule has 8 nitrogen and oxygen atoms in total. The van der Waals surface area contributed by atoms with Crippen molar-refractivity contribution in [3.63, 3.8) is 0 Å². The van der Waals surface area contributed by atoms with E-state index in [9.17, 15) is 4.79 Å². The number of carbonyl (C=O) groups excluding carboxylic acids is 1. The Bertz CT molecular complexity index is 464. The molecule has 0 aromatic heterocycles. The van der Waals surface area contributed by atoms with Gasteiger partial charge in [0, 0.05) is 64.9 Å². The van der Waals surface area contributed by atoms with Crippen LogP contribution in [-0.2, 0) is 14.3 Å². The summed E-state index contributed by atoms with van der Waals surface area (Å²) >= 11 is 0. The largest absolute Gasteiger partial charge is 0.381 e. The number of hydrogen-bond acceptors (Lipinski definition) is 5. The summed E-state index contributed by atoms with van der Waals surface area (Å²) in [4.78, 5) is 20.7. The van der Waals surface area contributed by atoms with Crippen LogP contribution in [-0.4, -0.2) is 100 Å². The highest BCUT2D eigenvalue weighted by Crippen LogP contribution is 2.12. The zero-order chi connectivity index (χ0) is 19.5. The van der Waals surface area contributed by atoms with E-state index in [-0.39, 0.29) is 35.9 Å². The van der Waals surface area contributed by atoms with Gasteiger partial charge in [0.25, 0.3) is 0 Å². The number of aliphatic imine (C=N–C) groups is 1. The van der Waals surface area contributed by atoms with Crippen LogP contribution in [0.15, 0.2) is 4.99 Å². The molecule has 2 rings (SSSR count). The van der Waals surface area contributed by atoms with Gasteiger partial charge in [0.15, 0.2) is 5.96 Å². The molecule has 0 aromatic rings. The molecule has 0 spiro atoms. The Labute approximate surface area is 186 Å². The van der Waals surface area contributed by atoms with Gasteiger partial charge >= 0.3 is 0 Å². The second kappa shape index (κ2) is 14.4. The fourth-order valence-electron chi connectivity index (χ4n) is 3.36. The highest BCUT2D eigenvalue weighted by Gasteiger charge is 2.21. The van der Waals surface area contributed by atoms with Gasteiger partial charge in [0.2, 0.25) is 5.91 Å². The number of ether oxygens (including phenoxy) is 2. The van der Waals surface area contributed by atoms with E-state index in [0.717, 1.165) is 78.0 Å². The smallest absolute Gasteiger partial charge is 0.234 e. The molecule has 0 aliphatic carbocycles. The van der Waals surface area contributed by atoms with E-state index in [1.165, 1.54) is 0 Å². The Kier molecular flexibility index (Phi) is 13.0. The molecule has 9 heteroatoms. The lowest BCUT2D eigenvalue weighted by Crippen LogP contribution is -2.54. The lowest BCUT2D eigenvalue weighted by molar-refractivity contribution is -0.123. The maximum absolute atomic E-state index is 11.9. The Morgan fingerprint density at radius 2 is 2.04 bits per heavy atom. The predicted octanol–water partition coefficient (Wildman–Crippen LogP) is 0.765. The third-order valence-electron chi connectivity index (χ3n) is 4.83. The van der Waals surface area contributed by atoms with Gasteiger partial charge in [0.1, 0.15) is 0 Å². The van der Waals surface area contributed by atoms with E-state index < -0.39 is 0 Å². The minimum absolute atomic E-state index is 0. The van der Waals surface area contributed by atoms with Crippen LogP contribution in [0.25, 0.3) is 0 Å². The van der Waals surface area contributed by atoms with Crippen LogP contribution in [0.5, 0.6) is 0 Å². The lowest BCUT2D eigenvalue weighted by Gasteiger charge is -2.36. The number of guanidine groups is 1. The standard InChI is InChI=1S/C19H37N5O3.HI/c1-16(2)22-18(25)13-23-7-9-24(10-8-23)19(20-3)21-6-4-11-26-14-17-5-12-27-15-17;/h16-17H,4-15H2,1-3H3,(H,20,21)(H,22,25);1H. The van der Waals surface area contributed by atoms with Crippen molar-refractivity contribution in [1.29, 1.82) is 0 Å². The summed E-state index contributed by atoms with van der Waals surface area (Å²) in [6, 6.07) is 0.192. The molecule has 28 heavy (non-hydrogen) atoms. The molecule has 0 aromatic carbocycles. The van der Waals surface area contributed by atoms with Crippen molar-refractivity contribution in [2.24, 2.45) is 10.9 Å². The van der Waals surface area contributed by atoms with Crippen molar-refractivity contribution in [3.8, 4) is 0 Å². The summed E-state index contributed by atoms with van der Waals surface area (Å²) in [6.45, 7) is 12.1. The molecule has 2 aliphatic rings. The van der Waals surface area contributed by atoms with Crippen LogP contribution >= 0.6 is 24.0 Å². The van der Waals surface area contributed by atoms with E-state index in [2.05, 4.69) is 25.4 Å². The van der Waals surface area contributed by atoms with Gasteiger partial charge in [-0.3, -0.25) is 14.7 Å². The average Bonchev–Trinajstić information content (AvgIpc) is 3.15. The zero-order valence-electron chi connectivity index (χ0n) is 17.6. The summed E-state index contributed by atoms with van der Waals surface area (Å²) in [5.74, 6) is 1.61. The summed E-state index contributed by atoms with van der Waals surface area (Å²) in [6.07, 6.45) is 2.08. The number of halogens is 1. The van der Waals surface area contributed by atoms with Crippen molar-refractivity contribution in [1.82, 2.24) is 20.4 Å². The van der Waals surface area contributed by atoms with Gasteiger partial charge in [-0.2, -0.15) is 0 Å². The maximum Gasteiger partial charge on any atom is 0.234 e. The summed E-state index contributed by atoms with van der Waals surface area (Å²) in [7, 11) is 1.82. The highest BCUT2D eigenvalue weighted by atomic mass is 127. The maximum atomic E-state index is 11.9. The average molecular weight is 511 g/mol. The van der Waals surface area contributed by atoms with Crippen LogP contribution in [0.3, 0.4) is 0 Å². The molecule has 0 radical (unpaired) electrons. The van der Waals surface area contributed by atoms with Crippen LogP contribution in [0.1, 0.15) is 26.7 Å². The first-order valence-corrected chi connectivity index (χ1v) is 10.2. The van der Waals surface area contributed by atoms with Crippen molar-refractivity contribution in [3.05, 3.63) is 0 Å². The molecule has 0 bridgehead atoms. The molecule has 164 valence electrons. The summed E-state index contributed by atoms with van der Waals surface area (Å²) in [5.41, 5.74) is 0. The van der Waals surface area contributed by atoms with Crippen LogP contribution in [0, 0.1) is 5.92 Å². The molecule has 2 heterocycles. The van der Waals surface area contributed by atoms with E-state index in [1.807, 2.05) is 20.9 Å². The molecule has 0 saturated carbocycles. The van der Waals surface area contributed by atoms with Gasteiger partial charge in [-0.25, -0.2) is 0 Å². The summed E-state index contributed by atoms with van der Waals surface area (Å²) in [5, 5.41) is 6.37. The van der Waals surface area contributed by atoms with Gasteiger partial charge in [0.05, 0.1) is 19.8 Å². The van der Waals surface area contributed by atoms with Crippen molar-refractivity contribution in [2.75, 3.05) is 72.7 Å². The van der Waals surface area contributed by atoms with Gasteiger partial charge < -0.3 is 25.0 Å². The van der Waals surface area contributed by atoms with Crippen LogP contribution < -0.4 is 10.6 Å². The molecule has 1 atom stereocenters. The second-order valence-corrected chi connectivity index (χ2v) is 7.62. The molecule has 2 fully saturated rings. The number of piperazine rings is 1.